The molecule has 4 rings (SSSR count). The molecule has 6 nitrogen and oxygen atoms in total. The van der Waals surface area contributed by atoms with Crippen molar-refractivity contribution in [2.45, 2.75) is 29.4 Å². The number of amides is 1. The van der Waals surface area contributed by atoms with Crippen molar-refractivity contribution in [3.8, 4) is 0 Å². The molecule has 0 fully saturated rings. The van der Waals surface area contributed by atoms with E-state index in [9.17, 15) is 13.2 Å². The third-order valence-corrected chi connectivity index (χ3v) is 8.12. The van der Waals surface area contributed by atoms with Gasteiger partial charge in [-0.1, -0.05) is 79.3 Å². The summed E-state index contributed by atoms with van der Waals surface area (Å²) in [6, 6.07) is 25.2. The second kappa shape index (κ2) is 10.9. The Balaban J connectivity index is 1.33. The van der Waals surface area contributed by atoms with Crippen molar-refractivity contribution in [2.75, 3.05) is 18.1 Å². The van der Waals surface area contributed by atoms with Gasteiger partial charge in [-0.15, -0.1) is 0 Å². The molecule has 1 aromatic heterocycles. The number of hydrogen-bond donors (Lipinski definition) is 1. The van der Waals surface area contributed by atoms with Crippen LogP contribution in [-0.4, -0.2) is 37.4 Å². The van der Waals surface area contributed by atoms with Crippen LogP contribution in [0.25, 0.3) is 11.1 Å². The lowest BCUT2D eigenvalue weighted by Crippen LogP contribution is -2.27. The minimum atomic E-state index is -3.32. The molecule has 0 unspecified atom stereocenters. The van der Waals surface area contributed by atoms with Crippen molar-refractivity contribution >= 4 is 38.6 Å². The number of nitrogens with one attached hydrogen (secondary N) is 1. The molecule has 1 N–H and O–H groups in total. The molecule has 1 heterocycles. The van der Waals surface area contributed by atoms with Gasteiger partial charge in [0.25, 0.3) is 5.22 Å². The fourth-order valence-electron chi connectivity index (χ4n) is 3.74. The van der Waals surface area contributed by atoms with E-state index in [4.69, 9.17) is 4.42 Å². The van der Waals surface area contributed by atoms with Gasteiger partial charge in [-0.25, -0.2) is 13.4 Å². The predicted octanol–water partition coefficient (Wildman–Crippen LogP) is 5.05. The molecule has 0 atom stereocenters. The zero-order valence-electron chi connectivity index (χ0n) is 18.8. The van der Waals surface area contributed by atoms with E-state index < -0.39 is 9.84 Å². The maximum atomic E-state index is 12.4. The van der Waals surface area contributed by atoms with Crippen LogP contribution in [0.1, 0.15) is 30.4 Å². The molecular weight excluding hydrogens is 468 g/mol. The number of fused-ring (bicyclic) bond motifs is 1. The van der Waals surface area contributed by atoms with Crippen LogP contribution in [-0.2, 0) is 14.6 Å². The van der Waals surface area contributed by atoms with Crippen molar-refractivity contribution in [1.29, 1.82) is 0 Å². The fourth-order valence-corrected chi connectivity index (χ4v) is 5.31. The van der Waals surface area contributed by atoms with Crippen molar-refractivity contribution in [1.82, 2.24) is 10.3 Å². The number of benzene rings is 3. The first-order valence-electron chi connectivity index (χ1n) is 11.1. The van der Waals surface area contributed by atoms with Crippen LogP contribution in [0.15, 0.2) is 93.4 Å². The van der Waals surface area contributed by atoms with Gasteiger partial charge in [0.1, 0.15) is 5.52 Å². The van der Waals surface area contributed by atoms with Crippen molar-refractivity contribution in [2.24, 2.45) is 0 Å². The number of aromatic nitrogens is 1. The number of hydrogen-bond acceptors (Lipinski definition) is 6. The van der Waals surface area contributed by atoms with Gasteiger partial charge in [0.05, 0.1) is 16.4 Å². The van der Waals surface area contributed by atoms with Gasteiger partial charge in [0, 0.05) is 12.5 Å². The lowest BCUT2D eigenvalue weighted by molar-refractivity contribution is -0.118. The molecule has 0 spiro atoms. The first-order valence-corrected chi connectivity index (χ1v) is 13.7. The van der Waals surface area contributed by atoms with Crippen LogP contribution in [0.5, 0.6) is 0 Å². The van der Waals surface area contributed by atoms with Crippen LogP contribution < -0.4 is 5.32 Å². The molecule has 0 aliphatic rings. The number of oxazole rings is 1. The lowest BCUT2D eigenvalue weighted by atomic mass is 9.88. The number of nitrogens with zero attached hydrogens (tertiary/aromatic N) is 1. The van der Waals surface area contributed by atoms with Gasteiger partial charge >= 0.3 is 0 Å². The van der Waals surface area contributed by atoms with Crippen LogP contribution in [0.3, 0.4) is 0 Å². The smallest absolute Gasteiger partial charge is 0.257 e. The molecule has 0 radical (unpaired) electrons. The van der Waals surface area contributed by atoms with Crippen LogP contribution in [0.4, 0.5) is 0 Å². The lowest BCUT2D eigenvalue weighted by Gasteiger charge is -2.18. The van der Waals surface area contributed by atoms with E-state index in [1.165, 1.54) is 35.0 Å². The SMILES string of the molecule is CCS(=O)(=O)c1ccc2oc(SCC(=O)NCCC(c3ccccc3)c3ccccc3)nc2c1. The summed E-state index contributed by atoms with van der Waals surface area (Å²) >= 11 is 1.19. The zero-order chi connectivity index (χ0) is 24.0. The highest BCUT2D eigenvalue weighted by Crippen LogP contribution is 2.28. The normalized spacial score (nSPS) is 11.7. The first-order chi connectivity index (χ1) is 16.5. The molecule has 0 aliphatic carbocycles. The summed E-state index contributed by atoms with van der Waals surface area (Å²) in [4.78, 5) is 17.0. The second-order valence-corrected chi connectivity index (χ2v) is 11.0. The third kappa shape index (κ3) is 5.87. The summed E-state index contributed by atoms with van der Waals surface area (Å²) in [6.07, 6.45) is 0.780. The summed E-state index contributed by atoms with van der Waals surface area (Å²) in [5, 5.41) is 3.32. The third-order valence-electron chi connectivity index (χ3n) is 5.56. The Morgan fingerprint density at radius 3 is 2.26 bits per heavy atom. The number of rotatable bonds is 10. The molecule has 0 saturated heterocycles. The van der Waals surface area contributed by atoms with Crippen molar-refractivity contribution < 1.29 is 17.6 Å². The molecule has 4 aromatic rings. The van der Waals surface area contributed by atoms with E-state index in [0.717, 1.165) is 6.42 Å². The molecule has 0 saturated carbocycles. The monoisotopic (exact) mass is 494 g/mol. The van der Waals surface area contributed by atoms with Gasteiger partial charge in [-0.05, 0) is 35.7 Å². The maximum absolute atomic E-state index is 12.4. The van der Waals surface area contributed by atoms with Crippen molar-refractivity contribution in [3.63, 3.8) is 0 Å². The summed E-state index contributed by atoms with van der Waals surface area (Å²) in [5.74, 6) is 0.268. The molecule has 1 amide bonds. The Morgan fingerprint density at radius 1 is 1.00 bits per heavy atom. The molecular formula is C26H26N2O4S2. The Hall–Kier alpha value is -3.10. The van der Waals surface area contributed by atoms with E-state index in [1.54, 1.807) is 13.0 Å². The van der Waals surface area contributed by atoms with Crippen LogP contribution >= 0.6 is 11.8 Å². The van der Waals surface area contributed by atoms with Gasteiger partial charge in [0.2, 0.25) is 5.91 Å². The molecule has 0 aliphatic heterocycles. The largest absolute Gasteiger partial charge is 0.431 e. The molecule has 3 aromatic carbocycles. The summed E-state index contributed by atoms with van der Waals surface area (Å²) in [7, 11) is -3.32. The van der Waals surface area contributed by atoms with Crippen LogP contribution in [0.2, 0.25) is 0 Å². The summed E-state index contributed by atoms with van der Waals surface area (Å²) in [5.41, 5.74) is 3.39. The summed E-state index contributed by atoms with van der Waals surface area (Å²) < 4.78 is 29.8. The van der Waals surface area contributed by atoms with E-state index in [-0.39, 0.29) is 28.2 Å². The Bertz CT molecular complexity index is 1310. The molecule has 176 valence electrons. The number of carbonyl (C=O) groups excluding carboxylic acids is 1. The summed E-state index contributed by atoms with van der Waals surface area (Å²) in [6.45, 7) is 2.14. The topological polar surface area (TPSA) is 89.3 Å². The number of carbonyl (C=O) groups is 1. The average molecular weight is 495 g/mol. The minimum absolute atomic E-state index is 0.0214. The van der Waals surface area contributed by atoms with E-state index in [0.29, 0.717) is 22.9 Å². The highest BCUT2D eigenvalue weighted by Gasteiger charge is 2.16. The Labute approximate surface area is 203 Å². The predicted molar refractivity (Wildman–Crippen MR) is 135 cm³/mol. The zero-order valence-corrected chi connectivity index (χ0v) is 20.4. The number of thioether (sulfide) groups is 1. The number of sulfone groups is 1. The molecule has 0 bridgehead atoms. The Kier molecular flexibility index (Phi) is 7.70. The maximum Gasteiger partial charge on any atom is 0.257 e. The first kappa shape index (κ1) is 24.0. The highest BCUT2D eigenvalue weighted by molar-refractivity contribution is 7.99. The minimum Gasteiger partial charge on any atom is -0.431 e. The van der Waals surface area contributed by atoms with Gasteiger partial charge in [-0.2, -0.15) is 0 Å². The van der Waals surface area contributed by atoms with Gasteiger partial charge < -0.3 is 9.73 Å². The second-order valence-electron chi connectivity index (χ2n) is 7.81. The molecule has 8 heteroatoms. The highest BCUT2D eigenvalue weighted by atomic mass is 32.2. The van der Waals surface area contributed by atoms with Gasteiger partial charge in [-0.3, -0.25) is 4.79 Å². The van der Waals surface area contributed by atoms with E-state index in [2.05, 4.69) is 34.6 Å². The average Bonchev–Trinajstić information content (AvgIpc) is 3.29. The van der Waals surface area contributed by atoms with Crippen LogP contribution in [0, 0.1) is 0 Å². The fraction of sp³-hybridized carbons (Fsp3) is 0.231. The van der Waals surface area contributed by atoms with Crippen molar-refractivity contribution in [3.05, 3.63) is 90.0 Å². The molecule has 34 heavy (non-hydrogen) atoms. The van der Waals surface area contributed by atoms with Gasteiger partial charge in [0.15, 0.2) is 15.4 Å². The van der Waals surface area contributed by atoms with E-state index in [1.807, 2.05) is 36.4 Å². The Morgan fingerprint density at radius 2 is 1.65 bits per heavy atom. The van der Waals surface area contributed by atoms with E-state index >= 15 is 0 Å². The quantitative estimate of drug-likeness (QED) is 0.310. The standard InChI is InChI=1S/C26H26N2O4S2/c1-2-34(30,31)21-13-14-24-23(17-21)28-26(32-24)33-18-25(29)27-16-15-22(19-9-5-3-6-10-19)20-11-7-4-8-12-20/h3-14,17,22H,2,15-16,18H2,1H3,(H,27,29).